The van der Waals surface area contributed by atoms with Gasteiger partial charge in [0.2, 0.25) is 11.6 Å². The summed E-state index contributed by atoms with van der Waals surface area (Å²) < 4.78 is 5.24. The number of nitriles is 1. The molecule has 0 unspecified atom stereocenters. The molecule has 0 saturated carbocycles. The number of hydrogen-bond acceptors (Lipinski definition) is 6. The highest BCUT2D eigenvalue weighted by Crippen LogP contribution is 2.24. The fourth-order valence-corrected chi connectivity index (χ4v) is 1.81. The first kappa shape index (κ1) is 12.0. The van der Waals surface area contributed by atoms with Gasteiger partial charge in [0.25, 0.3) is 5.89 Å². The van der Waals surface area contributed by atoms with E-state index in [0.29, 0.717) is 17.5 Å². The number of benzene rings is 1. The van der Waals surface area contributed by atoms with Gasteiger partial charge >= 0.3 is 0 Å². The fourth-order valence-electron chi connectivity index (χ4n) is 1.81. The van der Waals surface area contributed by atoms with E-state index < -0.39 is 0 Å². The zero-order valence-electron chi connectivity index (χ0n) is 10.4. The standard InChI is InChI=1S/C14H9N5O/c15-7-6-10-4-1-2-5-11(10)14-18-13(19-20-14)12-16-8-3-9-17-12/h1-5,8-9H,6H2. The normalized spacial score (nSPS) is 10.2. The van der Waals surface area contributed by atoms with Crippen LogP contribution in [-0.4, -0.2) is 20.1 Å². The zero-order chi connectivity index (χ0) is 13.8. The van der Waals surface area contributed by atoms with Crippen molar-refractivity contribution in [3.8, 4) is 29.2 Å². The molecular weight excluding hydrogens is 254 g/mol. The quantitative estimate of drug-likeness (QED) is 0.720. The van der Waals surface area contributed by atoms with E-state index in [9.17, 15) is 0 Å². The van der Waals surface area contributed by atoms with E-state index in [-0.39, 0.29) is 6.42 Å². The molecular formula is C14H9N5O. The SMILES string of the molecule is N#CCc1ccccc1-c1nc(-c2ncccn2)no1. The lowest BCUT2D eigenvalue weighted by Crippen LogP contribution is -1.90. The fraction of sp³-hybridized carbons (Fsp3) is 0.0714. The first-order valence-electron chi connectivity index (χ1n) is 5.95. The van der Waals surface area contributed by atoms with Crippen LogP contribution in [0.1, 0.15) is 5.56 Å². The van der Waals surface area contributed by atoms with E-state index in [1.807, 2.05) is 24.3 Å². The lowest BCUT2D eigenvalue weighted by molar-refractivity contribution is 0.431. The topological polar surface area (TPSA) is 88.5 Å². The summed E-state index contributed by atoms with van der Waals surface area (Å²) in [6.45, 7) is 0. The Kier molecular flexibility index (Phi) is 3.17. The Morgan fingerprint density at radius 3 is 2.65 bits per heavy atom. The Bertz CT molecular complexity index is 760. The van der Waals surface area contributed by atoms with Gasteiger partial charge in [0, 0.05) is 18.0 Å². The largest absolute Gasteiger partial charge is 0.333 e. The highest BCUT2D eigenvalue weighted by Gasteiger charge is 2.14. The van der Waals surface area contributed by atoms with Gasteiger partial charge in [0.15, 0.2) is 0 Å². The van der Waals surface area contributed by atoms with Crippen molar-refractivity contribution in [1.82, 2.24) is 20.1 Å². The minimum atomic E-state index is 0.287. The Hall–Kier alpha value is -3.07. The summed E-state index contributed by atoms with van der Waals surface area (Å²) in [4.78, 5) is 12.4. The molecule has 0 N–H and O–H groups in total. The molecule has 0 aliphatic carbocycles. The van der Waals surface area contributed by atoms with Crippen LogP contribution in [0.2, 0.25) is 0 Å². The Balaban J connectivity index is 2.01. The van der Waals surface area contributed by atoms with E-state index in [2.05, 4.69) is 26.2 Å². The van der Waals surface area contributed by atoms with Gasteiger partial charge in [0.05, 0.1) is 12.5 Å². The predicted molar refractivity (Wildman–Crippen MR) is 70.1 cm³/mol. The average Bonchev–Trinajstić information content (AvgIpc) is 2.99. The number of nitrogens with zero attached hydrogens (tertiary/aromatic N) is 5. The third-order valence-electron chi connectivity index (χ3n) is 2.71. The van der Waals surface area contributed by atoms with Crippen molar-refractivity contribution in [2.75, 3.05) is 0 Å². The molecule has 20 heavy (non-hydrogen) atoms. The minimum absolute atomic E-state index is 0.287. The molecule has 3 rings (SSSR count). The van der Waals surface area contributed by atoms with E-state index in [1.165, 1.54) is 0 Å². The van der Waals surface area contributed by atoms with Crippen LogP contribution in [0.4, 0.5) is 0 Å². The van der Waals surface area contributed by atoms with Gasteiger partial charge in [-0.3, -0.25) is 0 Å². The molecule has 96 valence electrons. The highest BCUT2D eigenvalue weighted by atomic mass is 16.5. The minimum Gasteiger partial charge on any atom is -0.333 e. The molecule has 0 saturated heterocycles. The van der Waals surface area contributed by atoms with Gasteiger partial charge in [0.1, 0.15) is 0 Å². The molecule has 0 aliphatic heterocycles. The van der Waals surface area contributed by atoms with Crippen molar-refractivity contribution >= 4 is 0 Å². The summed E-state index contributed by atoms with van der Waals surface area (Å²) in [7, 11) is 0. The van der Waals surface area contributed by atoms with Crippen LogP contribution in [0.5, 0.6) is 0 Å². The highest BCUT2D eigenvalue weighted by molar-refractivity contribution is 5.60. The molecule has 0 spiro atoms. The molecule has 0 atom stereocenters. The molecule has 0 fully saturated rings. The molecule has 0 amide bonds. The second kappa shape index (κ2) is 5.28. The van der Waals surface area contributed by atoms with Crippen molar-refractivity contribution < 1.29 is 4.52 Å². The van der Waals surface area contributed by atoms with Crippen molar-refractivity contribution in [3.63, 3.8) is 0 Å². The second-order valence-corrected chi connectivity index (χ2v) is 3.99. The van der Waals surface area contributed by atoms with Gasteiger partial charge in [-0.2, -0.15) is 10.2 Å². The molecule has 1 aromatic carbocycles. The van der Waals surface area contributed by atoms with Gasteiger partial charge in [-0.1, -0.05) is 23.4 Å². The van der Waals surface area contributed by atoms with Crippen molar-refractivity contribution in [2.24, 2.45) is 0 Å². The van der Waals surface area contributed by atoms with Crippen LogP contribution < -0.4 is 0 Å². The number of aromatic nitrogens is 4. The molecule has 2 heterocycles. The Morgan fingerprint density at radius 1 is 1.05 bits per heavy atom. The molecule has 6 heteroatoms. The summed E-state index contributed by atoms with van der Waals surface area (Å²) in [6.07, 6.45) is 3.51. The van der Waals surface area contributed by atoms with E-state index in [0.717, 1.165) is 11.1 Å². The van der Waals surface area contributed by atoms with Gasteiger partial charge in [-0.05, 0) is 17.7 Å². The van der Waals surface area contributed by atoms with Gasteiger partial charge < -0.3 is 4.52 Å². The lowest BCUT2D eigenvalue weighted by Gasteiger charge is -2.00. The predicted octanol–water partition coefficient (Wildman–Crippen LogP) is 2.26. The van der Waals surface area contributed by atoms with E-state index in [1.54, 1.807) is 18.5 Å². The summed E-state index contributed by atoms with van der Waals surface area (Å²) in [5.74, 6) is 1.09. The first-order chi connectivity index (χ1) is 9.88. The van der Waals surface area contributed by atoms with Crippen molar-refractivity contribution in [2.45, 2.75) is 6.42 Å². The average molecular weight is 263 g/mol. The number of rotatable bonds is 3. The van der Waals surface area contributed by atoms with E-state index >= 15 is 0 Å². The summed E-state index contributed by atoms with van der Waals surface area (Å²) >= 11 is 0. The van der Waals surface area contributed by atoms with Crippen LogP contribution in [0.3, 0.4) is 0 Å². The van der Waals surface area contributed by atoms with Crippen LogP contribution >= 0.6 is 0 Å². The van der Waals surface area contributed by atoms with Gasteiger partial charge in [-0.15, -0.1) is 0 Å². The third kappa shape index (κ3) is 2.24. The maximum absolute atomic E-state index is 8.84. The third-order valence-corrected chi connectivity index (χ3v) is 2.71. The maximum Gasteiger partial charge on any atom is 0.258 e. The summed E-state index contributed by atoms with van der Waals surface area (Å²) in [5.41, 5.74) is 1.60. The van der Waals surface area contributed by atoms with Crippen LogP contribution in [0.25, 0.3) is 23.1 Å². The van der Waals surface area contributed by atoms with Gasteiger partial charge in [-0.25, -0.2) is 9.97 Å². The Morgan fingerprint density at radius 2 is 1.85 bits per heavy atom. The second-order valence-electron chi connectivity index (χ2n) is 3.99. The molecule has 2 aromatic heterocycles. The van der Waals surface area contributed by atoms with Crippen molar-refractivity contribution in [1.29, 1.82) is 5.26 Å². The monoisotopic (exact) mass is 263 g/mol. The molecule has 0 radical (unpaired) electrons. The molecule has 6 nitrogen and oxygen atoms in total. The molecule has 3 aromatic rings. The summed E-state index contributed by atoms with van der Waals surface area (Å²) in [5, 5.41) is 12.7. The number of hydrogen-bond donors (Lipinski definition) is 0. The van der Waals surface area contributed by atoms with Crippen molar-refractivity contribution in [3.05, 3.63) is 48.3 Å². The van der Waals surface area contributed by atoms with E-state index in [4.69, 9.17) is 9.78 Å². The zero-order valence-corrected chi connectivity index (χ0v) is 10.4. The molecule has 0 aliphatic rings. The van der Waals surface area contributed by atoms with Crippen LogP contribution in [-0.2, 0) is 6.42 Å². The Labute approximate surface area is 114 Å². The molecule has 0 bridgehead atoms. The maximum atomic E-state index is 8.84. The van der Waals surface area contributed by atoms with Crippen LogP contribution in [0.15, 0.2) is 47.2 Å². The summed E-state index contributed by atoms with van der Waals surface area (Å²) in [6, 6.07) is 11.3. The lowest BCUT2D eigenvalue weighted by atomic mass is 10.1. The smallest absolute Gasteiger partial charge is 0.258 e. The van der Waals surface area contributed by atoms with Crippen LogP contribution in [0, 0.1) is 11.3 Å². The first-order valence-corrected chi connectivity index (χ1v) is 5.95.